The summed E-state index contributed by atoms with van der Waals surface area (Å²) in [4.78, 5) is 37.9. The van der Waals surface area contributed by atoms with Gasteiger partial charge < -0.3 is 24.4 Å². The highest BCUT2D eigenvalue weighted by molar-refractivity contribution is 5.97. The van der Waals surface area contributed by atoms with Gasteiger partial charge in [-0.3, -0.25) is 14.6 Å². The molecule has 1 aliphatic rings. The van der Waals surface area contributed by atoms with E-state index in [4.69, 9.17) is 9.47 Å². The highest BCUT2D eigenvalue weighted by atomic mass is 16.5. The molecule has 9 heteroatoms. The molecule has 9 nitrogen and oxygen atoms in total. The van der Waals surface area contributed by atoms with E-state index in [0.29, 0.717) is 18.7 Å². The highest BCUT2D eigenvalue weighted by Crippen LogP contribution is 2.27. The summed E-state index contributed by atoms with van der Waals surface area (Å²) in [5.41, 5.74) is 1.72. The van der Waals surface area contributed by atoms with Gasteiger partial charge in [-0.05, 0) is 30.7 Å². The van der Waals surface area contributed by atoms with Crippen molar-refractivity contribution in [2.24, 2.45) is 5.92 Å². The van der Waals surface area contributed by atoms with Gasteiger partial charge in [-0.1, -0.05) is 18.8 Å². The third kappa shape index (κ3) is 6.78. The standard InChI is InChI=1S/C26H32N4O5/c1-18-15-30(19(2)17-31)26(33)22-12-21(6-5-11-34-4)14-28-25(22)35-23(18)16-29(3)24(32)13-20-7-9-27-10-8-20/h7-10,12,14,18-19,23,31H,11,13,15-17H2,1-4H3/t18-,19+,23+/m0/s1. The van der Waals surface area contributed by atoms with Crippen molar-refractivity contribution in [1.29, 1.82) is 0 Å². The molecule has 1 aliphatic heterocycles. The van der Waals surface area contributed by atoms with E-state index in [2.05, 4.69) is 21.8 Å². The normalized spacial score (nSPS) is 18.3. The number of carbonyl (C=O) groups is 2. The summed E-state index contributed by atoms with van der Waals surface area (Å²) in [6.07, 6.45) is 4.71. The van der Waals surface area contributed by atoms with Crippen molar-refractivity contribution in [3.8, 4) is 17.7 Å². The summed E-state index contributed by atoms with van der Waals surface area (Å²) >= 11 is 0. The number of likely N-dealkylation sites (N-methyl/N-ethyl adjacent to an activating group) is 1. The fraction of sp³-hybridized carbons (Fsp3) is 0.462. The lowest BCUT2D eigenvalue weighted by Gasteiger charge is -2.37. The lowest BCUT2D eigenvalue weighted by atomic mass is 9.99. The first-order valence-electron chi connectivity index (χ1n) is 11.5. The second kappa shape index (κ2) is 12.3. The summed E-state index contributed by atoms with van der Waals surface area (Å²) < 4.78 is 11.2. The quantitative estimate of drug-likeness (QED) is 0.597. The number of hydrogen-bond donors (Lipinski definition) is 1. The van der Waals surface area contributed by atoms with Gasteiger partial charge in [0.05, 0.1) is 25.6 Å². The summed E-state index contributed by atoms with van der Waals surface area (Å²) in [6.45, 7) is 4.51. The second-order valence-electron chi connectivity index (χ2n) is 8.74. The number of ether oxygens (including phenoxy) is 2. The van der Waals surface area contributed by atoms with E-state index in [0.717, 1.165) is 5.56 Å². The average Bonchev–Trinajstić information content (AvgIpc) is 2.86. The SMILES string of the molecule is COCC#Cc1cnc2c(c1)C(=O)N([C@H](C)CO)C[C@H](C)[C@@H](CN(C)C(=O)Cc1ccncc1)O2. The molecule has 1 N–H and O–H groups in total. The smallest absolute Gasteiger partial charge is 0.259 e. The topological polar surface area (TPSA) is 105 Å². The molecule has 0 fully saturated rings. The Bertz CT molecular complexity index is 1080. The number of amides is 2. The molecule has 0 aromatic carbocycles. The summed E-state index contributed by atoms with van der Waals surface area (Å²) in [6, 6.07) is 4.88. The van der Waals surface area contributed by atoms with Crippen LogP contribution in [0.1, 0.15) is 35.3 Å². The number of carbonyl (C=O) groups excluding carboxylic acids is 2. The van der Waals surface area contributed by atoms with Crippen LogP contribution in [0.4, 0.5) is 0 Å². The molecule has 0 saturated carbocycles. The Labute approximate surface area is 206 Å². The zero-order valence-corrected chi connectivity index (χ0v) is 20.6. The van der Waals surface area contributed by atoms with Crippen LogP contribution in [0.2, 0.25) is 0 Å². The minimum atomic E-state index is -0.417. The van der Waals surface area contributed by atoms with E-state index in [1.807, 2.05) is 19.1 Å². The van der Waals surface area contributed by atoms with Crippen LogP contribution in [0, 0.1) is 17.8 Å². The van der Waals surface area contributed by atoms with Crippen molar-refractivity contribution < 1.29 is 24.2 Å². The molecule has 2 amide bonds. The number of nitrogens with zero attached hydrogens (tertiary/aromatic N) is 4. The van der Waals surface area contributed by atoms with E-state index in [1.165, 1.54) is 0 Å². The second-order valence-corrected chi connectivity index (χ2v) is 8.74. The van der Waals surface area contributed by atoms with E-state index >= 15 is 0 Å². The van der Waals surface area contributed by atoms with Crippen LogP contribution >= 0.6 is 0 Å². The maximum atomic E-state index is 13.4. The molecule has 35 heavy (non-hydrogen) atoms. The van der Waals surface area contributed by atoms with Gasteiger partial charge in [0.25, 0.3) is 5.91 Å². The summed E-state index contributed by atoms with van der Waals surface area (Å²) in [5, 5.41) is 9.79. The number of methoxy groups -OCH3 is 1. The van der Waals surface area contributed by atoms with Gasteiger partial charge in [0.1, 0.15) is 18.3 Å². The first-order chi connectivity index (χ1) is 16.8. The molecule has 0 saturated heterocycles. The molecule has 0 unspecified atom stereocenters. The van der Waals surface area contributed by atoms with Gasteiger partial charge in [0.2, 0.25) is 11.8 Å². The Morgan fingerprint density at radius 3 is 2.83 bits per heavy atom. The van der Waals surface area contributed by atoms with E-state index in [1.54, 1.807) is 55.5 Å². The van der Waals surface area contributed by atoms with Crippen molar-refractivity contribution in [3.63, 3.8) is 0 Å². The first kappa shape index (κ1) is 26.1. The van der Waals surface area contributed by atoms with Crippen molar-refractivity contribution in [1.82, 2.24) is 19.8 Å². The Balaban J connectivity index is 1.87. The highest BCUT2D eigenvalue weighted by Gasteiger charge is 2.34. The van der Waals surface area contributed by atoms with E-state index in [9.17, 15) is 14.7 Å². The van der Waals surface area contributed by atoms with Crippen molar-refractivity contribution in [2.45, 2.75) is 32.4 Å². The van der Waals surface area contributed by atoms with Gasteiger partial charge in [-0.25, -0.2) is 4.98 Å². The Morgan fingerprint density at radius 2 is 2.14 bits per heavy atom. The zero-order chi connectivity index (χ0) is 25.4. The van der Waals surface area contributed by atoms with Crippen LogP contribution in [0.5, 0.6) is 5.88 Å². The molecule has 3 atom stereocenters. The third-order valence-electron chi connectivity index (χ3n) is 5.95. The molecule has 2 aromatic heterocycles. The monoisotopic (exact) mass is 480 g/mol. The molecule has 186 valence electrons. The summed E-state index contributed by atoms with van der Waals surface area (Å²) in [7, 11) is 3.29. The van der Waals surface area contributed by atoms with E-state index < -0.39 is 12.1 Å². The van der Waals surface area contributed by atoms with Gasteiger partial charge in [-0.15, -0.1) is 0 Å². The maximum absolute atomic E-state index is 13.4. The molecular formula is C26H32N4O5. The van der Waals surface area contributed by atoms with Crippen molar-refractivity contribution in [3.05, 3.63) is 53.5 Å². The van der Waals surface area contributed by atoms with Gasteiger partial charge in [-0.2, -0.15) is 0 Å². The lowest BCUT2D eigenvalue weighted by Crippen LogP contribution is -2.50. The fourth-order valence-electron chi connectivity index (χ4n) is 3.78. The average molecular weight is 481 g/mol. The fourth-order valence-corrected chi connectivity index (χ4v) is 3.78. The summed E-state index contributed by atoms with van der Waals surface area (Å²) in [5.74, 6) is 5.51. The largest absolute Gasteiger partial charge is 0.472 e. The molecule has 0 radical (unpaired) electrons. The minimum Gasteiger partial charge on any atom is -0.472 e. The molecule has 0 bridgehead atoms. The molecular weight excluding hydrogens is 448 g/mol. The lowest BCUT2D eigenvalue weighted by molar-refractivity contribution is -0.130. The first-order valence-corrected chi connectivity index (χ1v) is 11.5. The number of aliphatic hydroxyl groups excluding tert-OH is 1. The van der Waals surface area contributed by atoms with Gasteiger partial charge in [0, 0.05) is 50.8 Å². The number of pyridine rings is 2. The van der Waals surface area contributed by atoms with Crippen LogP contribution in [-0.2, 0) is 16.0 Å². The van der Waals surface area contributed by atoms with Crippen LogP contribution in [-0.4, -0.2) is 89.3 Å². The number of hydrogen-bond acceptors (Lipinski definition) is 7. The molecule has 3 heterocycles. The van der Waals surface area contributed by atoms with Crippen LogP contribution in [0.25, 0.3) is 0 Å². The zero-order valence-electron chi connectivity index (χ0n) is 20.6. The Hall–Kier alpha value is -3.48. The Kier molecular flexibility index (Phi) is 9.18. The van der Waals surface area contributed by atoms with Crippen LogP contribution in [0.15, 0.2) is 36.8 Å². The predicted molar refractivity (Wildman–Crippen MR) is 130 cm³/mol. The maximum Gasteiger partial charge on any atom is 0.259 e. The molecule has 0 aliphatic carbocycles. The van der Waals surface area contributed by atoms with Gasteiger partial charge in [0.15, 0.2) is 0 Å². The van der Waals surface area contributed by atoms with Crippen molar-refractivity contribution >= 4 is 11.8 Å². The van der Waals surface area contributed by atoms with Crippen LogP contribution < -0.4 is 4.74 Å². The predicted octanol–water partition coefficient (Wildman–Crippen LogP) is 1.40. The molecule has 0 spiro atoms. The van der Waals surface area contributed by atoms with Crippen LogP contribution in [0.3, 0.4) is 0 Å². The molecule has 3 rings (SSSR count). The van der Waals surface area contributed by atoms with Gasteiger partial charge >= 0.3 is 0 Å². The number of fused-ring (bicyclic) bond motifs is 1. The minimum absolute atomic E-state index is 0.0531. The van der Waals surface area contributed by atoms with Crippen molar-refractivity contribution in [2.75, 3.05) is 40.5 Å². The third-order valence-corrected chi connectivity index (χ3v) is 5.95. The Morgan fingerprint density at radius 1 is 1.40 bits per heavy atom. The number of aromatic nitrogens is 2. The molecule has 2 aromatic rings. The number of aliphatic hydroxyl groups is 1. The number of rotatable bonds is 7. The van der Waals surface area contributed by atoms with E-state index in [-0.39, 0.29) is 48.8 Å².